The number of benzene rings is 1. The van der Waals surface area contributed by atoms with E-state index in [2.05, 4.69) is 5.32 Å². The van der Waals surface area contributed by atoms with Crippen LogP contribution in [0.25, 0.3) is 6.08 Å². The molecule has 0 aliphatic rings. The largest absolute Gasteiger partial charge is 0.352 e. The summed E-state index contributed by atoms with van der Waals surface area (Å²) in [6.45, 7) is 1.85. The van der Waals surface area contributed by atoms with Crippen molar-refractivity contribution in [2.45, 2.75) is 13.3 Å². The van der Waals surface area contributed by atoms with Gasteiger partial charge in [-0.15, -0.1) is 0 Å². The normalized spacial score (nSPS) is 10.3. The van der Waals surface area contributed by atoms with Gasteiger partial charge in [-0.05, 0) is 12.5 Å². The highest BCUT2D eigenvalue weighted by Crippen LogP contribution is 1.99. The quantitative estimate of drug-likeness (QED) is 0.764. The minimum absolute atomic E-state index is 0.0425. The van der Waals surface area contributed by atoms with Gasteiger partial charge in [-0.3, -0.25) is 9.59 Å². The summed E-state index contributed by atoms with van der Waals surface area (Å²) >= 11 is 0. The second-order valence-corrected chi connectivity index (χ2v) is 3.50. The van der Waals surface area contributed by atoms with E-state index in [9.17, 15) is 9.59 Å². The van der Waals surface area contributed by atoms with Gasteiger partial charge in [0.2, 0.25) is 5.91 Å². The number of carbonyl (C=O) groups is 2. The van der Waals surface area contributed by atoms with Crippen molar-refractivity contribution in [1.29, 1.82) is 0 Å². The Labute approximate surface area is 95.2 Å². The molecule has 0 radical (unpaired) electrons. The van der Waals surface area contributed by atoms with E-state index in [0.29, 0.717) is 6.54 Å². The van der Waals surface area contributed by atoms with E-state index in [4.69, 9.17) is 0 Å². The lowest BCUT2D eigenvalue weighted by Gasteiger charge is -1.98. The number of hydrogen-bond donors (Lipinski definition) is 1. The van der Waals surface area contributed by atoms with Crippen LogP contribution in [0, 0.1) is 0 Å². The van der Waals surface area contributed by atoms with Crippen LogP contribution in [0.3, 0.4) is 0 Å². The maximum absolute atomic E-state index is 11.1. The molecule has 3 heteroatoms. The van der Waals surface area contributed by atoms with Gasteiger partial charge in [-0.2, -0.15) is 0 Å². The molecule has 1 N–H and O–H groups in total. The molecule has 0 bridgehead atoms. The zero-order chi connectivity index (χ0) is 11.8. The topological polar surface area (TPSA) is 46.2 Å². The van der Waals surface area contributed by atoms with Crippen molar-refractivity contribution in [2.24, 2.45) is 0 Å². The first kappa shape index (κ1) is 12.2. The maximum Gasteiger partial charge on any atom is 0.227 e. The Morgan fingerprint density at radius 3 is 2.56 bits per heavy atom. The molecule has 3 nitrogen and oxygen atoms in total. The average Bonchev–Trinajstić information content (AvgIpc) is 2.25. The van der Waals surface area contributed by atoms with Gasteiger partial charge in [0.25, 0.3) is 0 Å². The molecule has 0 aromatic heterocycles. The van der Waals surface area contributed by atoms with Gasteiger partial charge in [0.1, 0.15) is 5.78 Å². The van der Waals surface area contributed by atoms with Crippen molar-refractivity contribution in [3.8, 4) is 0 Å². The minimum atomic E-state index is -0.231. The molecular formula is C13H15NO2. The van der Waals surface area contributed by atoms with Gasteiger partial charge in [0, 0.05) is 6.54 Å². The molecule has 0 unspecified atom stereocenters. The predicted octanol–water partition coefficient (Wildman–Crippen LogP) is 1.80. The standard InChI is InChI=1S/C13H15NO2/c1-11(15)10-13(16)14-9-5-8-12-6-3-2-4-7-12/h2-8H,9-10H2,1H3,(H,14,16)/b8-5+. The summed E-state index contributed by atoms with van der Waals surface area (Å²) in [5, 5.41) is 2.64. The second kappa shape index (κ2) is 6.56. The highest BCUT2D eigenvalue weighted by atomic mass is 16.2. The summed E-state index contributed by atoms with van der Waals surface area (Å²) in [6, 6.07) is 9.82. The molecule has 0 saturated carbocycles. The van der Waals surface area contributed by atoms with Crippen LogP contribution in [-0.2, 0) is 9.59 Å². The van der Waals surface area contributed by atoms with Crippen molar-refractivity contribution >= 4 is 17.8 Å². The maximum atomic E-state index is 11.1. The van der Waals surface area contributed by atoms with Gasteiger partial charge in [-0.1, -0.05) is 42.5 Å². The molecule has 0 fully saturated rings. The van der Waals surface area contributed by atoms with Gasteiger partial charge < -0.3 is 5.32 Å². The fourth-order valence-electron chi connectivity index (χ4n) is 1.22. The number of hydrogen-bond acceptors (Lipinski definition) is 2. The van der Waals surface area contributed by atoms with Crippen LogP contribution in [-0.4, -0.2) is 18.2 Å². The Hall–Kier alpha value is -1.90. The van der Waals surface area contributed by atoms with E-state index in [1.165, 1.54) is 6.92 Å². The summed E-state index contributed by atoms with van der Waals surface area (Å²) in [4.78, 5) is 21.7. The molecule has 1 aromatic rings. The van der Waals surface area contributed by atoms with E-state index in [-0.39, 0.29) is 18.1 Å². The van der Waals surface area contributed by atoms with Crippen molar-refractivity contribution in [1.82, 2.24) is 5.32 Å². The van der Waals surface area contributed by atoms with Crippen LogP contribution >= 0.6 is 0 Å². The van der Waals surface area contributed by atoms with Crippen molar-refractivity contribution < 1.29 is 9.59 Å². The third-order valence-corrected chi connectivity index (χ3v) is 1.94. The van der Waals surface area contributed by atoms with Crippen LogP contribution in [0.1, 0.15) is 18.9 Å². The van der Waals surface area contributed by atoms with E-state index >= 15 is 0 Å². The molecule has 0 spiro atoms. The number of ketones is 1. The number of amides is 1. The lowest BCUT2D eigenvalue weighted by molar-refractivity contribution is -0.127. The zero-order valence-electron chi connectivity index (χ0n) is 9.27. The fourth-order valence-corrected chi connectivity index (χ4v) is 1.22. The number of Topliss-reactive ketones (excluding diaryl/α,β-unsaturated/α-hetero) is 1. The van der Waals surface area contributed by atoms with E-state index in [1.54, 1.807) is 0 Å². The van der Waals surface area contributed by atoms with Gasteiger partial charge >= 0.3 is 0 Å². The SMILES string of the molecule is CC(=O)CC(=O)NC/C=C/c1ccccc1. The van der Waals surface area contributed by atoms with Crippen molar-refractivity contribution in [2.75, 3.05) is 6.54 Å². The highest BCUT2D eigenvalue weighted by molar-refractivity contribution is 5.96. The number of nitrogens with one attached hydrogen (secondary N) is 1. The molecule has 1 rings (SSSR count). The first-order valence-corrected chi connectivity index (χ1v) is 5.16. The summed E-state index contributed by atoms with van der Waals surface area (Å²) in [5.74, 6) is -0.352. The third-order valence-electron chi connectivity index (χ3n) is 1.94. The molecular weight excluding hydrogens is 202 g/mol. The van der Waals surface area contributed by atoms with Crippen LogP contribution in [0.15, 0.2) is 36.4 Å². The Morgan fingerprint density at radius 2 is 1.94 bits per heavy atom. The molecule has 0 atom stereocenters. The number of carbonyl (C=O) groups excluding carboxylic acids is 2. The fraction of sp³-hybridized carbons (Fsp3) is 0.231. The highest BCUT2D eigenvalue weighted by Gasteiger charge is 2.01. The van der Waals surface area contributed by atoms with Crippen molar-refractivity contribution in [3.05, 3.63) is 42.0 Å². The zero-order valence-corrected chi connectivity index (χ0v) is 9.27. The number of rotatable bonds is 5. The van der Waals surface area contributed by atoms with Crippen molar-refractivity contribution in [3.63, 3.8) is 0 Å². The Balaban J connectivity index is 2.28. The van der Waals surface area contributed by atoms with Gasteiger partial charge in [-0.25, -0.2) is 0 Å². The van der Waals surface area contributed by atoms with E-state index in [0.717, 1.165) is 5.56 Å². The van der Waals surface area contributed by atoms with Gasteiger partial charge in [0.05, 0.1) is 6.42 Å². The van der Waals surface area contributed by atoms with E-state index < -0.39 is 0 Å². The van der Waals surface area contributed by atoms with Gasteiger partial charge in [0.15, 0.2) is 0 Å². The lowest BCUT2D eigenvalue weighted by Crippen LogP contribution is -2.24. The second-order valence-electron chi connectivity index (χ2n) is 3.50. The molecule has 16 heavy (non-hydrogen) atoms. The summed E-state index contributed by atoms with van der Waals surface area (Å²) < 4.78 is 0. The molecule has 0 aliphatic carbocycles. The monoisotopic (exact) mass is 217 g/mol. The molecule has 1 aromatic carbocycles. The first-order chi connectivity index (χ1) is 7.68. The molecule has 0 aliphatic heterocycles. The predicted molar refractivity (Wildman–Crippen MR) is 63.8 cm³/mol. The van der Waals surface area contributed by atoms with E-state index in [1.807, 2.05) is 42.5 Å². The average molecular weight is 217 g/mol. The minimum Gasteiger partial charge on any atom is -0.352 e. The lowest BCUT2D eigenvalue weighted by atomic mass is 10.2. The molecule has 0 saturated heterocycles. The van der Waals surface area contributed by atoms with Crippen LogP contribution in [0.5, 0.6) is 0 Å². The summed E-state index contributed by atoms with van der Waals surface area (Å²) in [7, 11) is 0. The molecule has 1 amide bonds. The van der Waals surface area contributed by atoms with Crippen LogP contribution < -0.4 is 5.32 Å². The Bertz CT molecular complexity index is 382. The Kier molecular flexibility index (Phi) is 4.99. The van der Waals surface area contributed by atoms with Crippen LogP contribution in [0.2, 0.25) is 0 Å². The molecule has 84 valence electrons. The summed E-state index contributed by atoms with van der Waals surface area (Å²) in [6.07, 6.45) is 3.74. The Morgan fingerprint density at radius 1 is 1.25 bits per heavy atom. The van der Waals surface area contributed by atoms with Crippen LogP contribution in [0.4, 0.5) is 0 Å². The third kappa shape index (κ3) is 5.10. The molecule has 0 heterocycles. The first-order valence-electron chi connectivity index (χ1n) is 5.16. The smallest absolute Gasteiger partial charge is 0.227 e. The summed E-state index contributed by atoms with van der Waals surface area (Å²) in [5.41, 5.74) is 1.09.